The molecule has 0 fully saturated rings. The van der Waals surface area contributed by atoms with Crippen LogP contribution in [0.1, 0.15) is 56.7 Å². The molecule has 0 amide bonds. The molecule has 0 aliphatic heterocycles. The average Bonchev–Trinajstić information content (AvgIpc) is 2.56. The van der Waals surface area contributed by atoms with Gasteiger partial charge in [0.15, 0.2) is 0 Å². The minimum Gasteiger partial charge on any atom is -0.423 e. The van der Waals surface area contributed by atoms with E-state index in [4.69, 9.17) is 16.0 Å². The van der Waals surface area contributed by atoms with Crippen LogP contribution < -0.4 is 0 Å². The lowest BCUT2D eigenvalue weighted by Gasteiger charge is -2.04. The van der Waals surface area contributed by atoms with Crippen LogP contribution in [-0.2, 0) is 0 Å². The van der Waals surface area contributed by atoms with Crippen LogP contribution in [0.2, 0.25) is 0 Å². The molecule has 1 heterocycles. The minimum absolute atomic E-state index is 0.199. The van der Waals surface area contributed by atoms with Crippen LogP contribution in [0.3, 0.4) is 0 Å². The average molecular weight is 203 g/mol. The third kappa shape index (κ3) is 2.44. The van der Waals surface area contributed by atoms with Crippen LogP contribution in [0.15, 0.2) is 4.42 Å². The van der Waals surface area contributed by atoms with E-state index in [0.29, 0.717) is 17.7 Å². The maximum Gasteiger partial charge on any atom is 0.234 e. The smallest absolute Gasteiger partial charge is 0.234 e. The molecule has 0 N–H and O–H groups in total. The van der Waals surface area contributed by atoms with Gasteiger partial charge in [0.1, 0.15) is 5.38 Å². The molecule has 1 rings (SSSR count). The summed E-state index contributed by atoms with van der Waals surface area (Å²) in [5, 5.41) is 7.66. The molecular weight excluding hydrogens is 188 g/mol. The molecule has 74 valence electrons. The Morgan fingerprint density at radius 3 is 2.15 bits per heavy atom. The normalized spacial score (nSPS) is 13.6. The van der Waals surface area contributed by atoms with Gasteiger partial charge in [-0.15, -0.1) is 21.8 Å². The lowest BCUT2D eigenvalue weighted by atomic mass is 10.0. The van der Waals surface area contributed by atoms with Gasteiger partial charge in [0.2, 0.25) is 11.8 Å². The van der Waals surface area contributed by atoms with E-state index in [1.54, 1.807) is 0 Å². The molecule has 4 heteroatoms. The van der Waals surface area contributed by atoms with Crippen LogP contribution in [0, 0.1) is 0 Å². The first-order valence-corrected chi connectivity index (χ1v) is 5.10. The molecule has 13 heavy (non-hydrogen) atoms. The van der Waals surface area contributed by atoms with E-state index in [0.717, 1.165) is 12.8 Å². The van der Waals surface area contributed by atoms with E-state index in [9.17, 15) is 0 Å². The van der Waals surface area contributed by atoms with Crippen molar-refractivity contribution in [3.8, 4) is 0 Å². The molecule has 1 unspecified atom stereocenters. The molecule has 0 saturated carbocycles. The van der Waals surface area contributed by atoms with Crippen molar-refractivity contribution in [3.05, 3.63) is 11.8 Å². The molecule has 1 aromatic rings. The Balaban J connectivity index is 2.78. The van der Waals surface area contributed by atoms with Gasteiger partial charge < -0.3 is 4.42 Å². The molecule has 0 spiro atoms. The Morgan fingerprint density at radius 1 is 1.23 bits per heavy atom. The molecule has 0 aromatic carbocycles. The van der Waals surface area contributed by atoms with Crippen molar-refractivity contribution in [3.63, 3.8) is 0 Å². The number of rotatable bonds is 4. The number of halogens is 1. The number of nitrogens with zero attached hydrogens (tertiary/aromatic N) is 2. The number of aromatic nitrogens is 2. The van der Waals surface area contributed by atoms with Gasteiger partial charge in [0.25, 0.3) is 0 Å². The number of hydrogen-bond acceptors (Lipinski definition) is 3. The Hall–Kier alpha value is -0.570. The predicted molar refractivity (Wildman–Crippen MR) is 51.9 cm³/mol. The zero-order valence-corrected chi connectivity index (χ0v) is 9.01. The third-order valence-corrected chi connectivity index (χ3v) is 2.32. The molecular formula is C9H15ClN2O. The summed E-state index contributed by atoms with van der Waals surface area (Å²) >= 11 is 5.81. The highest BCUT2D eigenvalue weighted by Crippen LogP contribution is 2.24. The van der Waals surface area contributed by atoms with E-state index in [2.05, 4.69) is 24.0 Å². The van der Waals surface area contributed by atoms with Gasteiger partial charge in [0.05, 0.1) is 0 Å². The van der Waals surface area contributed by atoms with E-state index >= 15 is 0 Å². The first-order chi connectivity index (χ1) is 6.19. The zero-order valence-electron chi connectivity index (χ0n) is 8.25. The summed E-state index contributed by atoms with van der Waals surface area (Å²) in [6.07, 6.45) is 2.05. The summed E-state index contributed by atoms with van der Waals surface area (Å²) < 4.78 is 5.43. The van der Waals surface area contributed by atoms with E-state index < -0.39 is 0 Å². The summed E-state index contributed by atoms with van der Waals surface area (Å²) in [7, 11) is 0. The minimum atomic E-state index is -0.199. The van der Waals surface area contributed by atoms with Gasteiger partial charge in [-0.25, -0.2) is 0 Å². The maximum atomic E-state index is 5.81. The lowest BCUT2D eigenvalue weighted by Crippen LogP contribution is -1.95. The standard InChI is InChI=1S/C9H15ClN2O/c1-4-7(5-2)9-12-11-8(13-9)6(3)10/h6-7H,4-5H2,1-3H3. The van der Waals surface area contributed by atoms with Gasteiger partial charge in [0, 0.05) is 5.92 Å². The predicted octanol–water partition coefficient (Wildman–Crippen LogP) is 3.27. The summed E-state index contributed by atoms with van der Waals surface area (Å²) in [6.45, 7) is 6.05. The molecule has 0 radical (unpaired) electrons. The van der Waals surface area contributed by atoms with Crippen LogP contribution >= 0.6 is 11.6 Å². The summed E-state index contributed by atoms with van der Waals surface area (Å²) in [5.41, 5.74) is 0. The lowest BCUT2D eigenvalue weighted by molar-refractivity contribution is 0.404. The highest BCUT2D eigenvalue weighted by atomic mass is 35.5. The fourth-order valence-corrected chi connectivity index (χ4v) is 1.30. The van der Waals surface area contributed by atoms with Crippen LogP contribution in [-0.4, -0.2) is 10.2 Å². The fourth-order valence-electron chi connectivity index (χ4n) is 1.21. The second kappa shape index (κ2) is 4.61. The van der Waals surface area contributed by atoms with Crippen molar-refractivity contribution in [2.24, 2.45) is 0 Å². The van der Waals surface area contributed by atoms with Gasteiger partial charge in [-0.2, -0.15) is 0 Å². The molecule has 1 atom stereocenters. The summed E-state index contributed by atoms with van der Waals surface area (Å²) in [5.74, 6) is 1.60. The van der Waals surface area contributed by atoms with E-state index in [-0.39, 0.29) is 5.38 Å². The highest BCUT2D eigenvalue weighted by molar-refractivity contribution is 6.20. The fraction of sp³-hybridized carbons (Fsp3) is 0.778. The van der Waals surface area contributed by atoms with Crippen LogP contribution in [0.5, 0.6) is 0 Å². The Morgan fingerprint density at radius 2 is 1.77 bits per heavy atom. The van der Waals surface area contributed by atoms with Crippen molar-refractivity contribution in [2.45, 2.75) is 44.9 Å². The second-order valence-electron chi connectivity index (χ2n) is 3.11. The Bertz CT molecular complexity index is 256. The van der Waals surface area contributed by atoms with E-state index in [1.165, 1.54) is 0 Å². The monoisotopic (exact) mass is 202 g/mol. The van der Waals surface area contributed by atoms with Gasteiger partial charge in [-0.05, 0) is 19.8 Å². The third-order valence-electron chi connectivity index (χ3n) is 2.13. The summed E-state index contributed by atoms with van der Waals surface area (Å²) in [6, 6.07) is 0. The maximum absolute atomic E-state index is 5.81. The van der Waals surface area contributed by atoms with Gasteiger partial charge in [-0.1, -0.05) is 13.8 Å². The van der Waals surface area contributed by atoms with Crippen LogP contribution in [0.25, 0.3) is 0 Å². The molecule has 0 bridgehead atoms. The van der Waals surface area contributed by atoms with Crippen molar-refractivity contribution in [2.75, 3.05) is 0 Å². The van der Waals surface area contributed by atoms with Crippen LogP contribution in [0.4, 0.5) is 0 Å². The van der Waals surface area contributed by atoms with Crippen molar-refractivity contribution >= 4 is 11.6 Å². The van der Waals surface area contributed by atoms with Gasteiger partial charge >= 0.3 is 0 Å². The topological polar surface area (TPSA) is 38.9 Å². The van der Waals surface area contributed by atoms with Gasteiger partial charge in [-0.3, -0.25) is 0 Å². The first kappa shape index (κ1) is 10.5. The quantitative estimate of drug-likeness (QED) is 0.704. The SMILES string of the molecule is CCC(CC)c1nnc(C(C)Cl)o1. The Kier molecular flexibility index (Phi) is 3.72. The first-order valence-electron chi connectivity index (χ1n) is 4.66. The van der Waals surface area contributed by atoms with Crippen molar-refractivity contribution in [1.29, 1.82) is 0 Å². The molecule has 3 nitrogen and oxygen atoms in total. The zero-order chi connectivity index (χ0) is 9.84. The number of alkyl halides is 1. The molecule has 0 aliphatic carbocycles. The molecule has 0 aliphatic rings. The Labute approximate surface area is 83.5 Å². The van der Waals surface area contributed by atoms with Crippen molar-refractivity contribution < 1.29 is 4.42 Å². The van der Waals surface area contributed by atoms with E-state index in [1.807, 2.05) is 6.92 Å². The highest BCUT2D eigenvalue weighted by Gasteiger charge is 2.16. The summed E-state index contributed by atoms with van der Waals surface area (Å²) in [4.78, 5) is 0. The second-order valence-corrected chi connectivity index (χ2v) is 3.76. The molecule has 1 aromatic heterocycles. The van der Waals surface area contributed by atoms with Crippen molar-refractivity contribution in [1.82, 2.24) is 10.2 Å². The number of hydrogen-bond donors (Lipinski definition) is 0. The molecule has 0 saturated heterocycles. The largest absolute Gasteiger partial charge is 0.423 e.